The molecule has 0 aliphatic carbocycles. The number of fused-ring (bicyclic) bond motifs is 2. The highest BCUT2D eigenvalue weighted by Gasteiger charge is 2.28. The van der Waals surface area contributed by atoms with Crippen molar-refractivity contribution in [1.82, 2.24) is 24.6 Å². The van der Waals surface area contributed by atoms with Crippen molar-refractivity contribution < 1.29 is 13.9 Å². The van der Waals surface area contributed by atoms with Crippen LogP contribution in [0.4, 0.5) is 4.39 Å². The van der Waals surface area contributed by atoms with Crippen molar-refractivity contribution in [1.29, 1.82) is 0 Å². The first-order valence-electron chi connectivity index (χ1n) is 9.93. The first-order chi connectivity index (χ1) is 15.0. The molecule has 8 heteroatoms. The largest absolute Gasteiger partial charge is 0.497 e. The molecule has 0 fully saturated rings. The number of halogens is 1. The van der Waals surface area contributed by atoms with E-state index in [0.29, 0.717) is 41.9 Å². The molecule has 1 aliphatic heterocycles. The summed E-state index contributed by atoms with van der Waals surface area (Å²) in [5.74, 6) is 0.0196. The summed E-state index contributed by atoms with van der Waals surface area (Å²) in [6.07, 6.45) is 3.87. The van der Waals surface area contributed by atoms with E-state index in [1.807, 2.05) is 7.05 Å². The van der Waals surface area contributed by atoms with Crippen molar-refractivity contribution >= 4 is 16.9 Å². The number of hydrogen-bond donors (Lipinski definition) is 0. The summed E-state index contributed by atoms with van der Waals surface area (Å²) in [5.41, 5.74) is 5.42. The third kappa shape index (κ3) is 3.39. The smallest absolute Gasteiger partial charge is 0.254 e. The maximum atomic E-state index is 14.1. The van der Waals surface area contributed by atoms with Crippen LogP contribution in [0.2, 0.25) is 0 Å². The minimum atomic E-state index is -0.365. The third-order valence-corrected chi connectivity index (χ3v) is 5.58. The first-order valence-corrected chi connectivity index (χ1v) is 9.93. The second kappa shape index (κ2) is 7.46. The van der Waals surface area contributed by atoms with Gasteiger partial charge >= 0.3 is 0 Å². The van der Waals surface area contributed by atoms with Crippen LogP contribution in [0.15, 0.2) is 48.8 Å². The van der Waals surface area contributed by atoms with Crippen LogP contribution in [0.5, 0.6) is 5.75 Å². The summed E-state index contributed by atoms with van der Waals surface area (Å²) in [4.78, 5) is 23.4. The van der Waals surface area contributed by atoms with Crippen molar-refractivity contribution in [2.75, 3.05) is 13.7 Å². The topological polar surface area (TPSA) is 73.1 Å². The fraction of sp³-hybridized carbons (Fsp3) is 0.217. The van der Waals surface area contributed by atoms with Crippen LogP contribution < -0.4 is 4.74 Å². The van der Waals surface area contributed by atoms with E-state index in [4.69, 9.17) is 4.74 Å². The zero-order valence-electron chi connectivity index (χ0n) is 17.2. The highest BCUT2D eigenvalue weighted by atomic mass is 19.1. The molecular weight excluding hydrogens is 397 g/mol. The van der Waals surface area contributed by atoms with Crippen molar-refractivity contribution in [3.8, 4) is 17.0 Å². The normalized spacial score (nSPS) is 13.3. The quantitative estimate of drug-likeness (QED) is 0.511. The molecule has 7 nitrogen and oxygen atoms in total. The Morgan fingerprint density at radius 2 is 1.90 bits per heavy atom. The summed E-state index contributed by atoms with van der Waals surface area (Å²) in [7, 11) is 3.35. The Bertz CT molecular complexity index is 1320. The molecule has 0 atom stereocenters. The van der Waals surface area contributed by atoms with Gasteiger partial charge in [0.25, 0.3) is 5.91 Å². The van der Waals surface area contributed by atoms with Crippen molar-refractivity contribution in [2.24, 2.45) is 7.05 Å². The highest BCUT2D eigenvalue weighted by molar-refractivity contribution is 5.97. The third-order valence-electron chi connectivity index (χ3n) is 5.58. The monoisotopic (exact) mass is 417 g/mol. The molecule has 0 spiro atoms. The number of aryl methyl sites for hydroxylation is 1. The number of hydrogen-bond acceptors (Lipinski definition) is 5. The van der Waals surface area contributed by atoms with E-state index in [0.717, 1.165) is 22.5 Å². The second-order valence-electron chi connectivity index (χ2n) is 7.51. The second-order valence-corrected chi connectivity index (χ2v) is 7.51. The maximum absolute atomic E-state index is 14.1. The zero-order chi connectivity index (χ0) is 21.5. The molecule has 0 N–H and O–H groups in total. The summed E-state index contributed by atoms with van der Waals surface area (Å²) in [5, 5.41) is 4.63. The van der Waals surface area contributed by atoms with Gasteiger partial charge < -0.3 is 9.64 Å². The van der Waals surface area contributed by atoms with Crippen LogP contribution in [-0.2, 0) is 20.0 Å². The van der Waals surface area contributed by atoms with Gasteiger partial charge in [0.05, 0.1) is 36.1 Å². The van der Waals surface area contributed by atoms with Gasteiger partial charge in [-0.1, -0.05) is 0 Å². The molecule has 1 aliphatic rings. The van der Waals surface area contributed by atoms with Gasteiger partial charge in [-0.25, -0.2) is 4.39 Å². The van der Waals surface area contributed by atoms with Gasteiger partial charge in [0.15, 0.2) is 0 Å². The molecule has 5 rings (SSSR count). The number of amides is 1. The highest BCUT2D eigenvalue weighted by Crippen LogP contribution is 2.33. The van der Waals surface area contributed by atoms with E-state index in [-0.39, 0.29) is 11.7 Å². The number of nitrogens with zero attached hydrogens (tertiary/aromatic N) is 5. The fourth-order valence-corrected chi connectivity index (χ4v) is 4.15. The molecule has 0 bridgehead atoms. The molecule has 0 saturated carbocycles. The predicted octanol–water partition coefficient (Wildman–Crippen LogP) is 3.38. The molecule has 0 unspecified atom stereocenters. The van der Waals surface area contributed by atoms with E-state index in [1.165, 1.54) is 19.2 Å². The Hall–Kier alpha value is -3.81. The van der Waals surface area contributed by atoms with Crippen molar-refractivity contribution in [3.05, 3.63) is 71.4 Å². The minimum absolute atomic E-state index is 0.0715. The van der Waals surface area contributed by atoms with Crippen LogP contribution in [0.1, 0.15) is 21.6 Å². The minimum Gasteiger partial charge on any atom is -0.497 e. The number of carbonyl (C=O) groups excluding carboxylic acids is 1. The summed E-state index contributed by atoms with van der Waals surface area (Å²) in [6, 6.07) is 9.98. The average molecular weight is 417 g/mol. The molecule has 1 amide bonds. The van der Waals surface area contributed by atoms with E-state index >= 15 is 0 Å². The van der Waals surface area contributed by atoms with Gasteiger partial charge in [-0.05, 0) is 36.8 Å². The van der Waals surface area contributed by atoms with Crippen LogP contribution in [0.25, 0.3) is 22.3 Å². The number of rotatable bonds is 3. The van der Waals surface area contributed by atoms with Crippen LogP contribution in [0.3, 0.4) is 0 Å². The van der Waals surface area contributed by atoms with Crippen LogP contribution in [-0.4, -0.2) is 44.2 Å². The summed E-state index contributed by atoms with van der Waals surface area (Å²) in [6.45, 7) is 0.947. The van der Waals surface area contributed by atoms with Crippen LogP contribution >= 0.6 is 0 Å². The standard InChI is InChI=1S/C23H20FN5O2/c1-28-22(15-9-16(24)12-17(10-15)31-2)18-5-8-29(13-21(18)27-28)23(30)14-3-4-19-20(11-14)26-7-6-25-19/h3-4,6-7,9-12H,5,8,13H2,1-2H3. The number of benzene rings is 2. The van der Waals surface area contributed by atoms with Gasteiger partial charge in [-0.3, -0.25) is 19.4 Å². The van der Waals surface area contributed by atoms with Crippen molar-refractivity contribution in [3.63, 3.8) is 0 Å². The Balaban J connectivity index is 1.45. The molecule has 4 aromatic rings. The lowest BCUT2D eigenvalue weighted by molar-refractivity contribution is 0.0732. The molecule has 31 heavy (non-hydrogen) atoms. The Kier molecular flexibility index (Phi) is 4.62. The molecule has 0 radical (unpaired) electrons. The van der Waals surface area contributed by atoms with E-state index in [1.54, 1.807) is 46.2 Å². The lowest BCUT2D eigenvalue weighted by Crippen LogP contribution is -2.36. The molecule has 156 valence electrons. The number of aromatic nitrogens is 4. The fourth-order valence-electron chi connectivity index (χ4n) is 4.15. The lowest BCUT2D eigenvalue weighted by atomic mass is 9.99. The Labute approximate surface area is 178 Å². The Morgan fingerprint density at radius 3 is 2.71 bits per heavy atom. The molecule has 0 saturated heterocycles. The summed E-state index contributed by atoms with van der Waals surface area (Å²) >= 11 is 0. The predicted molar refractivity (Wildman–Crippen MR) is 113 cm³/mol. The van der Waals surface area contributed by atoms with E-state index in [9.17, 15) is 9.18 Å². The molecule has 2 aromatic carbocycles. The van der Waals surface area contributed by atoms with Gasteiger partial charge in [0.2, 0.25) is 0 Å². The van der Waals surface area contributed by atoms with Gasteiger partial charge in [0.1, 0.15) is 11.6 Å². The first kappa shape index (κ1) is 19.2. The van der Waals surface area contributed by atoms with Crippen molar-refractivity contribution in [2.45, 2.75) is 13.0 Å². The number of ether oxygens (including phenoxy) is 1. The average Bonchev–Trinajstić information content (AvgIpc) is 3.12. The van der Waals surface area contributed by atoms with Gasteiger partial charge in [-0.15, -0.1) is 0 Å². The van der Waals surface area contributed by atoms with Crippen LogP contribution in [0, 0.1) is 5.82 Å². The summed E-state index contributed by atoms with van der Waals surface area (Å²) < 4.78 is 21.0. The number of methoxy groups -OCH3 is 1. The molecule has 2 aromatic heterocycles. The SMILES string of the molecule is COc1cc(F)cc(-c2c3c(nn2C)CN(C(=O)c2ccc4nccnc4c2)CC3)c1. The van der Waals surface area contributed by atoms with E-state index < -0.39 is 0 Å². The molecular formula is C23H20FN5O2. The van der Waals surface area contributed by atoms with Gasteiger partial charge in [-0.2, -0.15) is 5.10 Å². The molecule has 3 heterocycles. The zero-order valence-corrected chi connectivity index (χ0v) is 17.2. The van der Waals surface area contributed by atoms with Gasteiger partial charge in [0, 0.05) is 48.7 Å². The lowest BCUT2D eigenvalue weighted by Gasteiger charge is -2.26. The number of carbonyl (C=O) groups is 1. The van der Waals surface area contributed by atoms with E-state index in [2.05, 4.69) is 15.1 Å². The maximum Gasteiger partial charge on any atom is 0.254 e. The Morgan fingerprint density at radius 1 is 1.10 bits per heavy atom.